The van der Waals surface area contributed by atoms with Crippen molar-refractivity contribution in [2.24, 2.45) is 23.0 Å². The molecule has 3 aliphatic rings. The fourth-order valence-electron chi connectivity index (χ4n) is 6.42. The maximum Gasteiger partial charge on any atom is 0.319 e. The molecule has 0 radical (unpaired) electrons. The molecule has 5 heteroatoms. The predicted molar refractivity (Wildman–Crippen MR) is 128 cm³/mol. The van der Waals surface area contributed by atoms with Gasteiger partial charge in [-0.25, -0.2) is 0 Å². The van der Waals surface area contributed by atoms with Crippen LogP contribution in [0.15, 0.2) is 18.2 Å². The van der Waals surface area contributed by atoms with Crippen LogP contribution in [0.5, 0.6) is 5.75 Å². The lowest BCUT2D eigenvalue weighted by Crippen LogP contribution is -2.45. The van der Waals surface area contributed by atoms with Crippen LogP contribution in [-0.2, 0) is 16.0 Å². The summed E-state index contributed by atoms with van der Waals surface area (Å²) in [5, 5.41) is 0.203. The highest BCUT2D eigenvalue weighted by molar-refractivity contribution is 6.74. The van der Waals surface area contributed by atoms with Crippen molar-refractivity contribution >= 4 is 14.3 Å². The zero-order valence-corrected chi connectivity index (χ0v) is 21.3. The van der Waals surface area contributed by atoms with E-state index in [1.165, 1.54) is 24.8 Å². The third-order valence-corrected chi connectivity index (χ3v) is 13.6. The van der Waals surface area contributed by atoms with E-state index in [0.29, 0.717) is 17.8 Å². The van der Waals surface area contributed by atoms with E-state index in [1.807, 2.05) is 0 Å². The van der Waals surface area contributed by atoms with Crippen molar-refractivity contribution in [3.8, 4) is 5.75 Å². The first kappa shape index (κ1) is 22.8. The van der Waals surface area contributed by atoms with E-state index in [4.69, 9.17) is 14.9 Å². The average Bonchev–Trinajstić information content (AvgIpc) is 3.02. The molecule has 4 rings (SSSR count). The zero-order chi connectivity index (χ0) is 22.6. The van der Waals surface area contributed by atoms with Crippen molar-refractivity contribution in [3.05, 3.63) is 29.3 Å². The molecule has 0 spiro atoms. The Bertz CT molecular complexity index is 846. The fourth-order valence-corrected chi connectivity index (χ4v) is 7.44. The van der Waals surface area contributed by atoms with Gasteiger partial charge in [0.1, 0.15) is 11.9 Å². The molecule has 0 heterocycles. The van der Waals surface area contributed by atoms with Gasteiger partial charge in [0.25, 0.3) is 0 Å². The normalized spacial score (nSPS) is 32.6. The predicted octanol–water partition coefficient (Wildman–Crippen LogP) is 5.80. The van der Waals surface area contributed by atoms with E-state index in [9.17, 15) is 4.79 Å². The quantitative estimate of drug-likeness (QED) is 0.472. The first-order valence-corrected chi connectivity index (χ1v) is 15.1. The highest BCUT2D eigenvalue weighted by Crippen LogP contribution is 2.61. The van der Waals surface area contributed by atoms with Gasteiger partial charge in [-0.15, -0.1) is 0 Å². The summed E-state index contributed by atoms with van der Waals surface area (Å²) in [5.74, 6) is 2.77. The largest absolute Gasteiger partial charge is 0.543 e. The molecule has 1 aromatic carbocycles. The van der Waals surface area contributed by atoms with Crippen molar-refractivity contribution in [1.82, 2.24) is 0 Å². The third-order valence-electron chi connectivity index (χ3n) is 9.23. The number of benzene rings is 1. The third kappa shape index (κ3) is 3.97. The van der Waals surface area contributed by atoms with E-state index >= 15 is 0 Å². The summed E-state index contributed by atoms with van der Waals surface area (Å²) in [5.41, 5.74) is 8.65. The maximum atomic E-state index is 11.9. The van der Waals surface area contributed by atoms with Crippen LogP contribution >= 0.6 is 0 Å². The standard InChI is InChI=1S/C26H41NO3Si/c1-25(2,3)31(5,6)30-18-8-10-19-17(15-18)7-9-21-20(19)13-14-26(4)22(21)11-12-23(26)29-24(28)16-27/h8,10,15,20-23H,7,9,11-14,16,27H2,1-6H3/t20?,21?,22?,23-,26-/m0/s1. The second kappa shape index (κ2) is 7.91. The van der Waals surface area contributed by atoms with Gasteiger partial charge < -0.3 is 14.9 Å². The fraction of sp³-hybridized carbons (Fsp3) is 0.731. The molecule has 0 aliphatic heterocycles. The number of carbonyl (C=O) groups excluding carboxylic acids is 1. The molecular weight excluding hydrogens is 402 g/mol. The van der Waals surface area contributed by atoms with Gasteiger partial charge in [-0.1, -0.05) is 33.8 Å². The lowest BCUT2D eigenvalue weighted by Gasteiger charge is -2.50. The minimum absolute atomic E-state index is 0.0179. The topological polar surface area (TPSA) is 61.5 Å². The molecule has 4 nitrogen and oxygen atoms in total. The van der Waals surface area contributed by atoms with Gasteiger partial charge in [-0.05, 0) is 97.7 Å². The summed E-state index contributed by atoms with van der Waals surface area (Å²) in [6.45, 7) is 13.9. The first-order chi connectivity index (χ1) is 14.5. The molecule has 2 saturated carbocycles. The summed E-state index contributed by atoms with van der Waals surface area (Å²) in [6.07, 6.45) is 6.87. The van der Waals surface area contributed by atoms with E-state index in [1.54, 1.807) is 5.56 Å². The van der Waals surface area contributed by atoms with Gasteiger partial charge >= 0.3 is 5.97 Å². The Kier molecular flexibility index (Phi) is 5.83. The lowest BCUT2D eigenvalue weighted by atomic mass is 9.55. The van der Waals surface area contributed by atoms with Crippen molar-refractivity contribution in [2.75, 3.05) is 6.54 Å². The minimum atomic E-state index is -1.83. The van der Waals surface area contributed by atoms with Crippen LogP contribution in [0, 0.1) is 17.3 Å². The Hall–Kier alpha value is -1.33. The Labute approximate surface area is 189 Å². The first-order valence-electron chi connectivity index (χ1n) is 12.2. The maximum absolute atomic E-state index is 11.9. The van der Waals surface area contributed by atoms with E-state index < -0.39 is 8.32 Å². The number of aryl methyl sites for hydroxylation is 1. The smallest absolute Gasteiger partial charge is 0.319 e. The molecule has 0 aromatic heterocycles. The molecule has 0 bridgehead atoms. The Morgan fingerprint density at radius 1 is 1.19 bits per heavy atom. The Morgan fingerprint density at radius 2 is 1.94 bits per heavy atom. The van der Waals surface area contributed by atoms with Crippen molar-refractivity contribution in [2.45, 2.75) is 96.4 Å². The van der Waals surface area contributed by atoms with Crippen LogP contribution in [-0.4, -0.2) is 26.9 Å². The molecule has 31 heavy (non-hydrogen) atoms. The highest BCUT2D eigenvalue weighted by atomic mass is 28.4. The number of hydrogen-bond donors (Lipinski definition) is 1. The molecule has 172 valence electrons. The van der Waals surface area contributed by atoms with Gasteiger partial charge in [0.05, 0.1) is 6.54 Å². The van der Waals surface area contributed by atoms with Crippen molar-refractivity contribution in [1.29, 1.82) is 0 Å². The molecule has 0 amide bonds. The summed E-state index contributed by atoms with van der Waals surface area (Å²) >= 11 is 0. The van der Waals surface area contributed by atoms with Gasteiger partial charge in [-0.3, -0.25) is 4.79 Å². The molecule has 1 aromatic rings. The molecule has 3 aliphatic carbocycles. The molecule has 5 atom stereocenters. The van der Waals surface area contributed by atoms with Crippen LogP contribution in [0.25, 0.3) is 0 Å². The molecule has 2 fully saturated rings. The van der Waals surface area contributed by atoms with Crippen molar-refractivity contribution in [3.63, 3.8) is 0 Å². The number of fused-ring (bicyclic) bond motifs is 5. The van der Waals surface area contributed by atoms with Crippen molar-refractivity contribution < 1.29 is 14.0 Å². The minimum Gasteiger partial charge on any atom is -0.543 e. The van der Waals surface area contributed by atoms with Gasteiger partial charge in [0.15, 0.2) is 0 Å². The number of hydrogen-bond acceptors (Lipinski definition) is 4. The average molecular weight is 444 g/mol. The van der Waals surface area contributed by atoms with Gasteiger partial charge in [0.2, 0.25) is 8.32 Å². The second-order valence-corrected chi connectivity index (χ2v) is 16.7. The summed E-state index contributed by atoms with van der Waals surface area (Å²) in [4.78, 5) is 11.9. The lowest BCUT2D eigenvalue weighted by molar-refractivity contribution is -0.155. The van der Waals surface area contributed by atoms with E-state index in [0.717, 1.165) is 25.0 Å². The summed E-state index contributed by atoms with van der Waals surface area (Å²) < 4.78 is 12.4. The molecule has 3 unspecified atom stereocenters. The van der Waals surface area contributed by atoms with Gasteiger partial charge in [0, 0.05) is 5.41 Å². The number of nitrogens with two attached hydrogens (primary N) is 1. The van der Waals surface area contributed by atoms with Crippen LogP contribution in [0.4, 0.5) is 0 Å². The highest BCUT2D eigenvalue weighted by Gasteiger charge is 2.56. The second-order valence-electron chi connectivity index (χ2n) is 11.9. The number of esters is 1. The number of ether oxygens (including phenoxy) is 1. The van der Waals surface area contributed by atoms with E-state index in [-0.39, 0.29) is 29.1 Å². The van der Waals surface area contributed by atoms with Crippen LogP contribution in [0.3, 0.4) is 0 Å². The zero-order valence-electron chi connectivity index (χ0n) is 20.3. The van der Waals surface area contributed by atoms with E-state index in [2.05, 4.69) is 59.0 Å². The summed E-state index contributed by atoms with van der Waals surface area (Å²) in [6, 6.07) is 6.91. The number of rotatable bonds is 4. The monoisotopic (exact) mass is 443 g/mol. The molecule has 2 N–H and O–H groups in total. The SMILES string of the molecule is CC(C)(C)[Si](C)(C)Oc1ccc2c(c1)CCC1C2CC[C@@]2(C)C1CC[C@@H]2OC(=O)CN. The number of carbonyl (C=O) groups is 1. The Balaban J connectivity index is 1.53. The molecule has 0 saturated heterocycles. The van der Waals surface area contributed by atoms with Gasteiger partial charge in [-0.2, -0.15) is 0 Å². The van der Waals surface area contributed by atoms with Crippen LogP contribution in [0.1, 0.15) is 76.8 Å². The van der Waals surface area contributed by atoms with Crippen LogP contribution in [0.2, 0.25) is 18.1 Å². The Morgan fingerprint density at radius 3 is 2.61 bits per heavy atom. The summed E-state index contributed by atoms with van der Waals surface area (Å²) in [7, 11) is -1.83. The van der Waals surface area contributed by atoms with Crippen LogP contribution < -0.4 is 10.2 Å². The molecular formula is C26H41NO3Si.